The van der Waals surface area contributed by atoms with Gasteiger partial charge in [-0.2, -0.15) is 0 Å². The van der Waals surface area contributed by atoms with Gasteiger partial charge in [0.1, 0.15) is 6.33 Å². The first-order chi connectivity index (χ1) is 12.6. The van der Waals surface area contributed by atoms with Crippen LogP contribution in [0.5, 0.6) is 0 Å². The third-order valence-electron chi connectivity index (χ3n) is 4.86. The van der Waals surface area contributed by atoms with Crippen molar-refractivity contribution in [3.05, 3.63) is 65.0 Å². The van der Waals surface area contributed by atoms with E-state index in [9.17, 15) is 9.59 Å². The highest BCUT2D eigenvalue weighted by molar-refractivity contribution is 6.10. The van der Waals surface area contributed by atoms with Crippen molar-refractivity contribution >= 4 is 17.4 Å². The van der Waals surface area contributed by atoms with Gasteiger partial charge in [-0.05, 0) is 36.6 Å². The summed E-state index contributed by atoms with van der Waals surface area (Å²) in [6.07, 6.45) is 2.74. The molecule has 1 aromatic heterocycles. The molecule has 1 heterocycles. The molecule has 0 fully saturated rings. The summed E-state index contributed by atoms with van der Waals surface area (Å²) in [7, 11) is 1.88. The zero-order valence-electron chi connectivity index (χ0n) is 14.6. The predicted molar refractivity (Wildman–Crippen MR) is 98.2 cm³/mol. The molecule has 130 valence electrons. The Kier molecular flexibility index (Phi) is 3.88. The molecule has 1 N–H and O–H groups in total. The fourth-order valence-electron chi connectivity index (χ4n) is 3.43. The van der Waals surface area contributed by atoms with Gasteiger partial charge in [0.2, 0.25) is 0 Å². The first-order valence-electron chi connectivity index (χ1n) is 8.46. The SMILES string of the molecule is Cc1c(NC(=O)c2cccc3c2CCC3=O)cccc1-c1nncn1C. The lowest BCUT2D eigenvalue weighted by Crippen LogP contribution is -2.15. The number of hydrogen-bond donors (Lipinski definition) is 1. The Hall–Kier alpha value is -3.28. The van der Waals surface area contributed by atoms with Gasteiger partial charge in [0, 0.05) is 35.8 Å². The van der Waals surface area contributed by atoms with Crippen molar-refractivity contribution in [2.24, 2.45) is 7.05 Å². The van der Waals surface area contributed by atoms with E-state index in [2.05, 4.69) is 15.5 Å². The topological polar surface area (TPSA) is 76.9 Å². The summed E-state index contributed by atoms with van der Waals surface area (Å²) in [5.41, 5.74) is 4.63. The molecule has 6 heteroatoms. The number of hydrogen-bond acceptors (Lipinski definition) is 4. The van der Waals surface area contributed by atoms with E-state index < -0.39 is 0 Å². The van der Waals surface area contributed by atoms with E-state index in [0.29, 0.717) is 24.0 Å². The number of fused-ring (bicyclic) bond motifs is 1. The normalized spacial score (nSPS) is 12.9. The summed E-state index contributed by atoms with van der Waals surface area (Å²) in [5.74, 6) is 0.648. The van der Waals surface area contributed by atoms with Gasteiger partial charge in [0.05, 0.1) is 0 Å². The van der Waals surface area contributed by atoms with E-state index >= 15 is 0 Å². The highest BCUT2D eigenvalue weighted by Crippen LogP contribution is 2.29. The molecule has 0 saturated heterocycles. The second-order valence-electron chi connectivity index (χ2n) is 6.45. The molecule has 0 bridgehead atoms. The first kappa shape index (κ1) is 16.2. The Labute approximate surface area is 150 Å². The molecule has 0 spiro atoms. The maximum absolute atomic E-state index is 12.8. The number of nitrogens with zero attached hydrogens (tertiary/aromatic N) is 3. The van der Waals surface area contributed by atoms with Crippen molar-refractivity contribution in [2.75, 3.05) is 5.32 Å². The monoisotopic (exact) mass is 346 g/mol. The molecule has 1 aliphatic rings. The number of ketones is 1. The van der Waals surface area contributed by atoms with E-state index in [1.165, 1.54) is 0 Å². The highest BCUT2D eigenvalue weighted by atomic mass is 16.1. The number of aryl methyl sites for hydroxylation is 1. The Bertz CT molecular complexity index is 1040. The number of rotatable bonds is 3. The number of Topliss-reactive ketones (excluding diaryl/α,β-unsaturated/α-hetero) is 1. The Morgan fingerprint density at radius 2 is 1.88 bits per heavy atom. The van der Waals surface area contributed by atoms with Crippen LogP contribution >= 0.6 is 0 Å². The third kappa shape index (κ3) is 2.60. The maximum Gasteiger partial charge on any atom is 0.255 e. The molecule has 26 heavy (non-hydrogen) atoms. The lowest BCUT2D eigenvalue weighted by atomic mass is 10.0. The number of aromatic nitrogens is 3. The second kappa shape index (κ2) is 6.22. The van der Waals surface area contributed by atoms with E-state index in [4.69, 9.17) is 0 Å². The molecule has 1 amide bonds. The van der Waals surface area contributed by atoms with Crippen molar-refractivity contribution < 1.29 is 9.59 Å². The van der Waals surface area contributed by atoms with Crippen LogP contribution in [-0.4, -0.2) is 26.5 Å². The zero-order chi connectivity index (χ0) is 18.3. The standard InChI is InChI=1S/C20H18N4O2/c1-12-13(19-23-21-11-24(19)2)5-4-8-17(12)22-20(26)16-7-3-6-15-14(16)9-10-18(15)25/h3-8,11H,9-10H2,1-2H3,(H,22,26). The average Bonchev–Trinajstić information content (AvgIpc) is 3.23. The fraction of sp³-hybridized carbons (Fsp3) is 0.200. The van der Waals surface area contributed by atoms with Crippen LogP contribution in [0, 0.1) is 6.92 Å². The number of carbonyl (C=O) groups is 2. The van der Waals surface area contributed by atoms with Gasteiger partial charge in [-0.25, -0.2) is 0 Å². The molecule has 0 aliphatic heterocycles. The number of amides is 1. The molecule has 6 nitrogen and oxygen atoms in total. The Morgan fingerprint density at radius 1 is 1.12 bits per heavy atom. The summed E-state index contributed by atoms with van der Waals surface area (Å²) in [5, 5.41) is 11.0. The van der Waals surface area contributed by atoms with E-state index in [0.717, 1.165) is 28.2 Å². The van der Waals surface area contributed by atoms with Gasteiger partial charge < -0.3 is 9.88 Å². The van der Waals surface area contributed by atoms with Gasteiger partial charge in [0.25, 0.3) is 5.91 Å². The minimum Gasteiger partial charge on any atom is -0.322 e. The molecule has 2 aromatic carbocycles. The molecular weight excluding hydrogens is 328 g/mol. The average molecular weight is 346 g/mol. The van der Waals surface area contributed by atoms with Crippen LogP contribution in [0.1, 0.15) is 38.3 Å². The number of carbonyl (C=O) groups excluding carboxylic acids is 2. The Balaban J connectivity index is 1.68. The molecule has 4 rings (SSSR count). The smallest absolute Gasteiger partial charge is 0.255 e. The Morgan fingerprint density at radius 3 is 2.65 bits per heavy atom. The van der Waals surface area contributed by atoms with Crippen molar-refractivity contribution in [3.8, 4) is 11.4 Å². The van der Waals surface area contributed by atoms with Crippen molar-refractivity contribution in [2.45, 2.75) is 19.8 Å². The van der Waals surface area contributed by atoms with Crippen LogP contribution in [0.2, 0.25) is 0 Å². The minimum atomic E-state index is -0.199. The molecular formula is C20H18N4O2. The van der Waals surface area contributed by atoms with Gasteiger partial charge in [-0.3, -0.25) is 9.59 Å². The lowest BCUT2D eigenvalue weighted by Gasteiger charge is -2.13. The van der Waals surface area contributed by atoms with Gasteiger partial charge in [0.15, 0.2) is 11.6 Å². The summed E-state index contributed by atoms with van der Waals surface area (Å²) in [6, 6.07) is 11.0. The lowest BCUT2D eigenvalue weighted by molar-refractivity contribution is 0.0993. The number of benzene rings is 2. The summed E-state index contributed by atoms with van der Waals surface area (Å²) < 4.78 is 1.84. The molecule has 0 saturated carbocycles. The van der Waals surface area contributed by atoms with Crippen LogP contribution < -0.4 is 5.32 Å². The third-order valence-corrected chi connectivity index (χ3v) is 4.86. The molecule has 0 unspecified atom stereocenters. The summed E-state index contributed by atoms with van der Waals surface area (Å²) >= 11 is 0. The first-order valence-corrected chi connectivity index (χ1v) is 8.46. The molecule has 0 radical (unpaired) electrons. The van der Waals surface area contributed by atoms with Gasteiger partial charge in [-0.1, -0.05) is 24.3 Å². The quantitative estimate of drug-likeness (QED) is 0.790. The summed E-state index contributed by atoms with van der Waals surface area (Å²) in [4.78, 5) is 24.8. The van der Waals surface area contributed by atoms with Crippen molar-refractivity contribution in [1.29, 1.82) is 0 Å². The largest absolute Gasteiger partial charge is 0.322 e. The van der Waals surface area contributed by atoms with Crippen LogP contribution in [0.15, 0.2) is 42.7 Å². The van der Waals surface area contributed by atoms with E-state index in [-0.39, 0.29) is 11.7 Å². The second-order valence-corrected chi connectivity index (χ2v) is 6.45. The van der Waals surface area contributed by atoms with Crippen molar-refractivity contribution in [1.82, 2.24) is 14.8 Å². The molecule has 0 atom stereocenters. The van der Waals surface area contributed by atoms with Crippen LogP contribution in [-0.2, 0) is 13.5 Å². The highest BCUT2D eigenvalue weighted by Gasteiger charge is 2.24. The predicted octanol–water partition coefficient (Wildman–Crippen LogP) is 3.17. The van der Waals surface area contributed by atoms with Crippen LogP contribution in [0.3, 0.4) is 0 Å². The maximum atomic E-state index is 12.8. The van der Waals surface area contributed by atoms with Gasteiger partial charge >= 0.3 is 0 Å². The fourth-order valence-corrected chi connectivity index (χ4v) is 3.43. The van der Waals surface area contributed by atoms with E-state index in [1.807, 2.05) is 36.7 Å². The van der Waals surface area contributed by atoms with Gasteiger partial charge in [-0.15, -0.1) is 10.2 Å². The molecule has 3 aromatic rings. The summed E-state index contributed by atoms with van der Waals surface area (Å²) in [6.45, 7) is 1.94. The number of nitrogens with one attached hydrogen (secondary N) is 1. The number of anilines is 1. The van der Waals surface area contributed by atoms with E-state index in [1.54, 1.807) is 24.5 Å². The molecule has 1 aliphatic carbocycles. The minimum absolute atomic E-state index is 0.107. The van der Waals surface area contributed by atoms with Crippen LogP contribution in [0.25, 0.3) is 11.4 Å². The van der Waals surface area contributed by atoms with Crippen LogP contribution in [0.4, 0.5) is 5.69 Å². The van der Waals surface area contributed by atoms with Crippen molar-refractivity contribution in [3.63, 3.8) is 0 Å². The zero-order valence-corrected chi connectivity index (χ0v) is 14.6.